The van der Waals surface area contributed by atoms with E-state index in [1.54, 1.807) is 14.2 Å². The van der Waals surface area contributed by atoms with E-state index in [2.05, 4.69) is 5.32 Å². The lowest BCUT2D eigenvalue weighted by molar-refractivity contribution is 0.396. The summed E-state index contributed by atoms with van der Waals surface area (Å²) in [5.74, 6) is 1.64. The second-order valence-corrected chi connectivity index (χ2v) is 3.80. The summed E-state index contributed by atoms with van der Waals surface area (Å²) in [6.07, 6.45) is 0. The summed E-state index contributed by atoms with van der Waals surface area (Å²) in [6.45, 7) is 1.83. The SMILES string of the molecule is COc1ccc(OC)c(CNCC(N)CN)c1. The molecule has 0 aliphatic heterocycles. The van der Waals surface area contributed by atoms with Crippen LogP contribution in [0.1, 0.15) is 5.56 Å². The van der Waals surface area contributed by atoms with Crippen LogP contribution in [0.4, 0.5) is 0 Å². The largest absolute Gasteiger partial charge is 0.497 e. The lowest BCUT2D eigenvalue weighted by atomic mass is 10.2. The first-order valence-corrected chi connectivity index (χ1v) is 5.58. The standard InChI is InChI=1S/C12H21N3O2/c1-16-11-3-4-12(17-2)9(5-11)7-15-8-10(14)6-13/h3-5,10,15H,6-8,13-14H2,1-2H3. The number of nitrogens with two attached hydrogens (primary N) is 2. The van der Waals surface area contributed by atoms with E-state index < -0.39 is 0 Å². The Bertz CT molecular complexity index is 345. The van der Waals surface area contributed by atoms with Gasteiger partial charge in [0.25, 0.3) is 0 Å². The van der Waals surface area contributed by atoms with Crippen molar-refractivity contribution >= 4 is 0 Å². The van der Waals surface area contributed by atoms with E-state index in [0.717, 1.165) is 17.1 Å². The zero-order valence-electron chi connectivity index (χ0n) is 10.4. The van der Waals surface area contributed by atoms with Crippen molar-refractivity contribution < 1.29 is 9.47 Å². The molecule has 0 amide bonds. The molecule has 0 saturated heterocycles. The Morgan fingerprint density at radius 3 is 2.65 bits per heavy atom. The van der Waals surface area contributed by atoms with Gasteiger partial charge in [-0.1, -0.05) is 0 Å². The summed E-state index contributed by atoms with van der Waals surface area (Å²) in [6, 6.07) is 5.68. The summed E-state index contributed by atoms with van der Waals surface area (Å²) in [5.41, 5.74) is 12.2. The number of ether oxygens (including phenoxy) is 2. The Morgan fingerprint density at radius 2 is 2.06 bits per heavy atom. The van der Waals surface area contributed by atoms with E-state index in [9.17, 15) is 0 Å². The molecule has 0 spiro atoms. The molecule has 5 heteroatoms. The molecule has 1 aromatic rings. The molecule has 5 nitrogen and oxygen atoms in total. The Morgan fingerprint density at radius 1 is 1.29 bits per heavy atom. The van der Waals surface area contributed by atoms with Gasteiger partial charge in [0.2, 0.25) is 0 Å². The summed E-state index contributed by atoms with van der Waals surface area (Å²) in [5, 5.41) is 3.24. The molecule has 1 atom stereocenters. The number of benzene rings is 1. The first kappa shape index (κ1) is 13.8. The first-order chi connectivity index (χ1) is 8.21. The zero-order valence-corrected chi connectivity index (χ0v) is 10.4. The maximum Gasteiger partial charge on any atom is 0.123 e. The second-order valence-electron chi connectivity index (χ2n) is 3.80. The van der Waals surface area contributed by atoms with Gasteiger partial charge in [-0.25, -0.2) is 0 Å². The molecule has 0 aliphatic rings. The van der Waals surface area contributed by atoms with E-state index in [1.165, 1.54) is 0 Å². The first-order valence-electron chi connectivity index (χ1n) is 5.58. The number of nitrogens with one attached hydrogen (secondary N) is 1. The van der Waals surface area contributed by atoms with Crippen molar-refractivity contribution in [3.63, 3.8) is 0 Å². The highest BCUT2D eigenvalue weighted by atomic mass is 16.5. The summed E-state index contributed by atoms with van der Waals surface area (Å²) < 4.78 is 10.5. The van der Waals surface area contributed by atoms with Gasteiger partial charge in [-0.3, -0.25) is 0 Å². The topological polar surface area (TPSA) is 82.5 Å². The molecule has 96 valence electrons. The number of hydrogen-bond acceptors (Lipinski definition) is 5. The summed E-state index contributed by atoms with van der Waals surface area (Å²) >= 11 is 0. The molecule has 0 aromatic heterocycles. The third-order valence-electron chi connectivity index (χ3n) is 2.51. The minimum Gasteiger partial charge on any atom is -0.497 e. The molecule has 17 heavy (non-hydrogen) atoms. The smallest absolute Gasteiger partial charge is 0.123 e. The molecular formula is C12H21N3O2. The number of rotatable bonds is 7. The fourth-order valence-corrected chi connectivity index (χ4v) is 1.50. The van der Waals surface area contributed by atoms with Crippen molar-refractivity contribution in [1.82, 2.24) is 5.32 Å². The predicted molar refractivity (Wildman–Crippen MR) is 68.3 cm³/mol. The normalized spacial score (nSPS) is 12.2. The molecule has 0 aliphatic carbocycles. The van der Waals surface area contributed by atoms with Crippen molar-refractivity contribution in [2.24, 2.45) is 11.5 Å². The van der Waals surface area contributed by atoms with E-state index in [1.807, 2.05) is 18.2 Å². The van der Waals surface area contributed by atoms with Crippen LogP contribution >= 0.6 is 0 Å². The predicted octanol–water partition coefficient (Wildman–Crippen LogP) is 0.0794. The van der Waals surface area contributed by atoms with Crippen LogP contribution in [0.3, 0.4) is 0 Å². The van der Waals surface area contributed by atoms with E-state index >= 15 is 0 Å². The zero-order chi connectivity index (χ0) is 12.7. The van der Waals surface area contributed by atoms with E-state index in [0.29, 0.717) is 19.6 Å². The molecule has 0 bridgehead atoms. The van der Waals surface area contributed by atoms with Crippen LogP contribution in [-0.4, -0.2) is 33.4 Å². The maximum absolute atomic E-state index is 5.72. The van der Waals surface area contributed by atoms with Crippen LogP contribution in [-0.2, 0) is 6.54 Å². The van der Waals surface area contributed by atoms with Gasteiger partial charge in [0.1, 0.15) is 11.5 Å². The molecule has 0 radical (unpaired) electrons. The Balaban J connectivity index is 2.61. The molecular weight excluding hydrogens is 218 g/mol. The lowest BCUT2D eigenvalue weighted by Crippen LogP contribution is -2.39. The average Bonchev–Trinajstić information content (AvgIpc) is 2.38. The van der Waals surface area contributed by atoms with Crippen LogP contribution in [0.2, 0.25) is 0 Å². The highest BCUT2D eigenvalue weighted by Crippen LogP contribution is 2.23. The quantitative estimate of drug-likeness (QED) is 0.627. The molecule has 1 aromatic carbocycles. The van der Waals surface area contributed by atoms with Gasteiger partial charge in [-0.15, -0.1) is 0 Å². The van der Waals surface area contributed by atoms with E-state index in [4.69, 9.17) is 20.9 Å². The third kappa shape index (κ3) is 4.22. The van der Waals surface area contributed by atoms with Crippen molar-refractivity contribution in [3.8, 4) is 11.5 Å². The van der Waals surface area contributed by atoms with Crippen LogP contribution in [0, 0.1) is 0 Å². The Labute approximate surface area is 102 Å². The lowest BCUT2D eigenvalue weighted by Gasteiger charge is -2.13. The van der Waals surface area contributed by atoms with Crippen molar-refractivity contribution in [2.75, 3.05) is 27.3 Å². The number of methoxy groups -OCH3 is 2. The highest BCUT2D eigenvalue weighted by Gasteiger charge is 2.05. The molecule has 5 N–H and O–H groups in total. The van der Waals surface area contributed by atoms with E-state index in [-0.39, 0.29) is 6.04 Å². The summed E-state index contributed by atoms with van der Waals surface area (Å²) in [4.78, 5) is 0. The fourth-order valence-electron chi connectivity index (χ4n) is 1.50. The van der Waals surface area contributed by atoms with Crippen molar-refractivity contribution in [3.05, 3.63) is 23.8 Å². The maximum atomic E-state index is 5.72. The Hall–Kier alpha value is -1.30. The molecule has 0 fully saturated rings. The van der Waals surface area contributed by atoms with Crippen LogP contribution in [0.15, 0.2) is 18.2 Å². The van der Waals surface area contributed by atoms with Crippen molar-refractivity contribution in [1.29, 1.82) is 0 Å². The average molecular weight is 239 g/mol. The molecule has 1 rings (SSSR count). The van der Waals surface area contributed by atoms with Gasteiger partial charge in [0.15, 0.2) is 0 Å². The van der Waals surface area contributed by atoms with Gasteiger partial charge in [0, 0.05) is 31.2 Å². The van der Waals surface area contributed by atoms with Crippen molar-refractivity contribution in [2.45, 2.75) is 12.6 Å². The Kier molecular flexibility index (Phi) is 5.76. The second kappa shape index (κ2) is 7.11. The highest BCUT2D eigenvalue weighted by molar-refractivity contribution is 5.40. The van der Waals surface area contributed by atoms with Crippen LogP contribution in [0.5, 0.6) is 11.5 Å². The van der Waals surface area contributed by atoms with Gasteiger partial charge >= 0.3 is 0 Å². The summed E-state index contributed by atoms with van der Waals surface area (Å²) in [7, 11) is 3.29. The third-order valence-corrected chi connectivity index (χ3v) is 2.51. The minimum atomic E-state index is -0.0217. The fraction of sp³-hybridized carbons (Fsp3) is 0.500. The molecule has 1 unspecified atom stereocenters. The molecule has 0 heterocycles. The molecule has 0 saturated carbocycles. The van der Waals surface area contributed by atoms with Gasteiger partial charge < -0.3 is 26.3 Å². The number of hydrogen-bond donors (Lipinski definition) is 3. The minimum absolute atomic E-state index is 0.0217. The van der Waals surface area contributed by atoms with Crippen LogP contribution in [0.25, 0.3) is 0 Å². The van der Waals surface area contributed by atoms with Crippen LogP contribution < -0.4 is 26.3 Å². The van der Waals surface area contributed by atoms with Gasteiger partial charge in [-0.2, -0.15) is 0 Å². The monoisotopic (exact) mass is 239 g/mol. The van der Waals surface area contributed by atoms with Gasteiger partial charge in [0.05, 0.1) is 14.2 Å². The van der Waals surface area contributed by atoms with Gasteiger partial charge in [-0.05, 0) is 18.2 Å².